The van der Waals surface area contributed by atoms with Crippen LogP contribution in [0.1, 0.15) is 33.6 Å². The van der Waals surface area contributed by atoms with Crippen LogP contribution in [0.15, 0.2) is 48.5 Å². The summed E-state index contributed by atoms with van der Waals surface area (Å²) in [4.78, 5) is 57.5. The average Bonchev–Trinajstić information content (AvgIpc) is 3.44. The van der Waals surface area contributed by atoms with Crippen molar-refractivity contribution in [3.8, 4) is 0 Å². The van der Waals surface area contributed by atoms with E-state index in [1.807, 2.05) is 4.90 Å². The number of hydrogen-bond donors (Lipinski definition) is 0. The minimum atomic E-state index is -1.61. The molecule has 30 heavy (non-hydrogen) atoms. The van der Waals surface area contributed by atoms with E-state index >= 15 is 0 Å². The Morgan fingerprint density at radius 2 is 1.50 bits per heavy atom. The number of Topliss-reactive ketones (excluding diaryl/α,β-unsaturated/α-hetero) is 2. The Labute approximate surface area is 177 Å². The first-order valence-corrected chi connectivity index (χ1v) is 10.4. The number of halogens is 1. The van der Waals surface area contributed by atoms with Crippen molar-refractivity contribution in [1.29, 1.82) is 0 Å². The van der Waals surface area contributed by atoms with Gasteiger partial charge < -0.3 is 0 Å². The fraction of sp³-hybridized carbons (Fsp3) is 0.304. The van der Waals surface area contributed by atoms with E-state index in [0.29, 0.717) is 34.8 Å². The van der Waals surface area contributed by atoms with Gasteiger partial charge in [-0.15, -0.1) is 0 Å². The fourth-order valence-electron chi connectivity index (χ4n) is 6.08. The standard InChI is InChI=1S/C23H17ClN2O4/c24-12-7-9-13(10-8-12)26-21(29)17-16-6-3-11-25(16)23(18(17)22(26)30)19(27)14-4-1-2-5-15(14)20(23)28/h1-2,4-5,7-10,16-18H,3,6,11H2/t16-,17+,18-/m0/s1. The van der Waals surface area contributed by atoms with Crippen molar-refractivity contribution < 1.29 is 19.2 Å². The molecule has 3 heterocycles. The second kappa shape index (κ2) is 5.86. The summed E-state index contributed by atoms with van der Waals surface area (Å²) < 4.78 is 0. The Morgan fingerprint density at radius 1 is 0.867 bits per heavy atom. The van der Waals surface area contributed by atoms with Gasteiger partial charge in [-0.05, 0) is 43.7 Å². The van der Waals surface area contributed by atoms with Crippen LogP contribution in [-0.2, 0) is 9.59 Å². The van der Waals surface area contributed by atoms with E-state index in [4.69, 9.17) is 11.6 Å². The summed E-state index contributed by atoms with van der Waals surface area (Å²) in [6, 6.07) is 12.9. The van der Waals surface area contributed by atoms with Crippen LogP contribution in [0.5, 0.6) is 0 Å². The zero-order valence-electron chi connectivity index (χ0n) is 15.9. The largest absolute Gasteiger partial charge is 0.291 e. The second-order valence-electron chi connectivity index (χ2n) is 8.36. The van der Waals surface area contributed by atoms with Crippen LogP contribution in [0, 0.1) is 11.8 Å². The lowest BCUT2D eigenvalue weighted by molar-refractivity contribution is -0.124. The lowest BCUT2D eigenvalue weighted by atomic mass is 9.76. The molecule has 0 unspecified atom stereocenters. The van der Waals surface area contributed by atoms with E-state index in [1.54, 1.807) is 48.5 Å². The summed E-state index contributed by atoms with van der Waals surface area (Å²) in [6.07, 6.45) is 1.47. The van der Waals surface area contributed by atoms with Crippen molar-refractivity contribution in [3.63, 3.8) is 0 Å². The van der Waals surface area contributed by atoms with Crippen LogP contribution >= 0.6 is 11.6 Å². The number of carbonyl (C=O) groups excluding carboxylic acids is 4. The highest BCUT2D eigenvalue weighted by molar-refractivity contribution is 6.38. The minimum absolute atomic E-state index is 0.286. The number of amides is 2. The van der Waals surface area contributed by atoms with Gasteiger partial charge >= 0.3 is 0 Å². The predicted octanol–water partition coefficient (Wildman–Crippen LogP) is 2.74. The highest BCUT2D eigenvalue weighted by Gasteiger charge is 2.76. The molecule has 4 aliphatic rings. The third kappa shape index (κ3) is 1.89. The monoisotopic (exact) mass is 420 g/mol. The highest BCUT2D eigenvalue weighted by Crippen LogP contribution is 2.57. The molecule has 6 nitrogen and oxygen atoms in total. The maximum Gasteiger partial charge on any atom is 0.240 e. The van der Waals surface area contributed by atoms with E-state index in [9.17, 15) is 19.2 Å². The summed E-state index contributed by atoms with van der Waals surface area (Å²) in [5, 5.41) is 0.494. The molecule has 3 fully saturated rings. The van der Waals surface area contributed by atoms with Gasteiger partial charge in [-0.1, -0.05) is 35.9 Å². The number of benzene rings is 2. The smallest absolute Gasteiger partial charge is 0.240 e. The van der Waals surface area contributed by atoms with E-state index in [-0.39, 0.29) is 23.5 Å². The van der Waals surface area contributed by atoms with E-state index in [0.717, 1.165) is 11.3 Å². The fourth-order valence-corrected chi connectivity index (χ4v) is 6.21. The van der Waals surface area contributed by atoms with Crippen molar-refractivity contribution in [3.05, 3.63) is 64.7 Å². The SMILES string of the molecule is O=C1[C@H]2[C@@H](C(=O)N1c1ccc(Cl)cc1)C1(C(=O)c3ccccc3C1=O)N1CCC[C@@H]21. The molecule has 3 aliphatic heterocycles. The molecule has 7 heteroatoms. The van der Waals surface area contributed by atoms with E-state index < -0.39 is 23.3 Å². The molecule has 0 saturated carbocycles. The van der Waals surface area contributed by atoms with Crippen LogP contribution in [-0.4, -0.2) is 46.4 Å². The third-order valence-corrected chi connectivity index (χ3v) is 7.41. The van der Waals surface area contributed by atoms with Gasteiger partial charge in [-0.25, -0.2) is 4.90 Å². The highest BCUT2D eigenvalue weighted by atomic mass is 35.5. The minimum Gasteiger partial charge on any atom is -0.291 e. The van der Waals surface area contributed by atoms with Gasteiger partial charge in [0.05, 0.1) is 17.5 Å². The van der Waals surface area contributed by atoms with Crippen molar-refractivity contribution in [2.75, 3.05) is 11.4 Å². The van der Waals surface area contributed by atoms with Crippen LogP contribution in [0.4, 0.5) is 5.69 Å². The average molecular weight is 421 g/mol. The molecule has 2 aromatic rings. The molecular weight excluding hydrogens is 404 g/mol. The molecule has 0 radical (unpaired) electrons. The third-order valence-electron chi connectivity index (χ3n) is 7.16. The van der Waals surface area contributed by atoms with Crippen LogP contribution in [0.2, 0.25) is 5.02 Å². The Kier molecular flexibility index (Phi) is 3.51. The lowest BCUT2D eigenvalue weighted by Crippen LogP contribution is -2.59. The van der Waals surface area contributed by atoms with Crippen LogP contribution < -0.4 is 4.90 Å². The summed E-state index contributed by atoms with van der Waals surface area (Å²) in [5.41, 5.74) is -0.499. The molecule has 2 amide bonds. The van der Waals surface area contributed by atoms with Crippen molar-refractivity contribution in [2.45, 2.75) is 24.4 Å². The molecule has 3 atom stereocenters. The number of anilines is 1. The topological polar surface area (TPSA) is 74.8 Å². The Hall–Kier alpha value is -2.83. The molecule has 0 bridgehead atoms. The summed E-state index contributed by atoms with van der Waals surface area (Å²) in [7, 11) is 0. The van der Waals surface area contributed by atoms with Crippen LogP contribution in [0.25, 0.3) is 0 Å². The van der Waals surface area contributed by atoms with E-state index in [1.165, 1.54) is 0 Å². The van der Waals surface area contributed by atoms with Gasteiger partial charge in [-0.2, -0.15) is 0 Å². The zero-order valence-corrected chi connectivity index (χ0v) is 16.6. The summed E-state index contributed by atoms with van der Waals surface area (Å²) >= 11 is 5.96. The Morgan fingerprint density at radius 3 is 2.13 bits per heavy atom. The molecule has 3 saturated heterocycles. The van der Waals surface area contributed by atoms with Crippen LogP contribution in [0.3, 0.4) is 0 Å². The van der Waals surface area contributed by atoms with Gasteiger partial charge in [0.25, 0.3) is 0 Å². The molecular formula is C23H17ClN2O4. The molecule has 1 spiro atoms. The molecule has 1 aliphatic carbocycles. The number of nitrogens with zero attached hydrogens (tertiary/aromatic N) is 2. The Balaban J connectivity index is 1.54. The Bertz CT molecular complexity index is 1120. The first-order chi connectivity index (χ1) is 14.5. The predicted molar refractivity (Wildman–Crippen MR) is 108 cm³/mol. The number of imide groups is 1. The van der Waals surface area contributed by atoms with Gasteiger partial charge in [0.2, 0.25) is 11.8 Å². The molecule has 0 aromatic heterocycles. The number of rotatable bonds is 1. The molecule has 6 rings (SSSR count). The summed E-state index contributed by atoms with van der Waals surface area (Å²) in [6.45, 7) is 0.532. The summed E-state index contributed by atoms with van der Waals surface area (Å²) in [5.74, 6) is -3.20. The van der Waals surface area contributed by atoms with Crippen molar-refractivity contribution in [1.82, 2.24) is 4.90 Å². The second-order valence-corrected chi connectivity index (χ2v) is 8.80. The lowest BCUT2D eigenvalue weighted by Gasteiger charge is -2.35. The zero-order chi connectivity index (χ0) is 20.8. The molecule has 150 valence electrons. The molecule has 0 N–H and O–H groups in total. The first-order valence-electron chi connectivity index (χ1n) is 10.1. The number of ketones is 2. The van der Waals surface area contributed by atoms with Gasteiger partial charge in [0.15, 0.2) is 17.1 Å². The maximum atomic E-state index is 13.7. The van der Waals surface area contributed by atoms with Gasteiger partial charge in [0.1, 0.15) is 0 Å². The van der Waals surface area contributed by atoms with Gasteiger partial charge in [0, 0.05) is 22.2 Å². The van der Waals surface area contributed by atoms with Crippen molar-refractivity contribution in [2.24, 2.45) is 11.8 Å². The quantitative estimate of drug-likeness (QED) is 0.524. The number of carbonyl (C=O) groups is 4. The van der Waals surface area contributed by atoms with E-state index in [2.05, 4.69) is 0 Å². The number of hydrogen-bond acceptors (Lipinski definition) is 5. The first kappa shape index (κ1) is 18.0. The van der Waals surface area contributed by atoms with Crippen molar-refractivity contribution >= 4 is 40.7 Å². The number of fused-ring (bicyclic) bond motifs is 6. The molecule has 2 aromatic carbocycles. The van der Waals surface area contributed by atoms with Gasteiger partial charge in [-0.3, -0.25) is 24.1 Å². The maximum absolute atomic E-state index is 13.7. The normalized spacial score (nSPS) is 29.1.